The highest BCUT2D eigenvalue weighted by Crippen LogP contribution is 2.59. The van der Waals surface area contributed by atoms with E-state index in [0.717, 1.165) is 5.92 Å². The van der Waals surface area contributed by atoms with Crippen LogP contribution in [0, 0.1) is 17.3 Å². The summed E-state index contributed by atoms with van der Waals surface area (Å²) in [7, 11) is 0. The van der Waals surface area contributed by atoms with Crippen LogP contribution in [-0.2, 0) is 9.53 Å². The zero-order valence-electron chi connectivity index (χ0n) is 9.88. The molecule has 0 aromatic heterocycles. The largest absolute Gasteiger partial charge is 0.461 e. The number of esters is 1. The van der Waals surface area contributed by atoms with Crippen LogP contribution in [0.4, 0.5) is 0 Å². The molecule has 1 saturated carbocycles. The van der Waals surface area contributed by atoms with Gasteiger partial charge in [0.2, 0.25) is 0 Å². The fraction of sp³-hybridized carbons (Fsp3) is 0.769. The number of allylic oxidation sites excluding steroid dienone is 1. The Labute approximate surface area is 91.7 Å². The Bertz CT molecular complexity index is 302. The van der Waals surface area contributed by atoms with E-state index in [4.69, 9.17) is 4.74 Å². The van der Waals surface area contributed by atoms with Gasteiger partial charge >= 0.3 is 5.97 Å². The van der Waals surface area contributed by atoms with Gasteiger partial charge in [-0.25, -0.2) is 0 Å². The molecule has 0 radical (unpaired) electrons. The zero-order valence-corrected chi connectivity index (χ0v) is 9.88. The summed E-state index contributed by atoms with van der Waals surface area (Å²) in [6, 6.07) is 0. The van der Waals surface area contributed by atoms with Crippen molar-refractivity contribution in [3.63, 3.8) is 0 Å². The molecule has 2 unspecified atom stereocenters. The van der Waals surface area contributed by atoms with E-state index in [1.807, 2.05) is 6.92 Å². The fourth-order valence-electron chi connectivity index (χ4n) is 2.91. The minimum atomic E-state index is -0.0878. The van der Waals surface area contributed by atoms with Crippen LogP contribution in [0.25, 0.3) is 0 Å². The van der Waals surface area contributed by atoms with E-state index in [9.17, 15) is 4.79 Å². The summed E-state index contributed by atoms with van der Waals surface area (Å²) in [6.45, 7) is 7.02. The van der Waals surface area contributed by atoms with Gasteiger partial charge in [-0.15, -0.1) is 0 Å². The highest BCUT2D eigenvalue weighted by atomic mass is 16.5. The number of fused-ring (bicyclic) bond motifs is 1. The van der Waals surface area contributed by atoms with E-state index in [-0.39, 0.29) is 5.97 Å². The first kappa shape index (κ1) is 10.7. The third-order valence-corrected chi connectivity index (χ3v) is 4.27. The molecule has 0 saturated heterocycles. The molecule has 0 aromatic rings. The third kappa shape index (κ3) is 1.70. The van der Waals surface area contributed by atoms with Crippen LogP contribution in [-0.4, -0.2) is 12.6 Å². The molecule has 3 aliphatic rings. The van der Waals surface area contributed by atoms with Gasteiger partial charge < -0.3 is 4.74 Å². The van der Waals surface area contributed by atoms with Crippen LogP contribution >= 0.6 is 0 Å². The lowest BCUT2D eigenvalue weighted by Crippen LogP contribution is -2.48. The maximum absolute atomic E-state index is 11.1. The van der Waals surface area contributed by atoms with Gasteiger partial charge in [-0.2, -0.15) is 0 Å². The molecule has 3 rings (SSSR count). The molecule has 0 aliphatic heterocycles. The molecule has 0 aromatic carbocycles. The first-order chi connectivity index (χ1) is 7.05. The van der Waals surface area contributed by atoms with Gasteiger partial charge in [0.15, 0.2) is 0 Å². The van der Waals surface area contributed by atoms with Crippen molar-refractivity contribution in [3.8, 4) is 0 Å². The quantitative estimate of drug-likeness (QED) is 0.526. The second kappa shape index (κ2) is 3.66. The Kier molecular flexibility index (Phi) is 2.61. The van der Waals surface area contributed by atoms with Crippen molar-refractivity contribution < 1.29 is 9.53 Å². The number of hydrogen-bond acceptors (Lipinski definition) is 2. The molecule has 2 heteroatoms. The number of hydrogen-bond donors (Lipinski definition) is 0. The summed E-state index contributed by atoms with van der Waals surface area (Å²) < 4.78 is 5.21. The Morgan fingerprint density at radius 3 is 2.87 bits per heavy atom. The highest BCUT2D eigenvalue weighted by Gasteiger charge is 2.51. The molecule has 84 valence electrons. The predicted octanol–water partition coefficient (Wildman–Crippen LogP) is 2.93. The van der Waals surface area contributed by atoms with Crippen molar-refractivity contribution in [2.45, 2.75) is 40.0 Å². The van der Waals surface area contributed by atoms with Crippen molar-refractivity contribution in [2.75, 3.05) is 6.61 Å². The Balaban J connectivity index is 1.94. The summed E-state index contributed by atoms with van der Waals surface area (Å²) in [6.07, 6.45) is 5.22. The maximum atomic E-state index is 11.1. The number of rotatable bonds is 3. The molecular weight excluding hydrogens is 188 g/mol. The van der Waals surface area contributed by atoms with Crippen LogP contribution in [0.2, 0.25) is 0 Å². The van der Waals surface area contributed by atoms with E-state index in [0.29, 0.717) is 24.4 Å². The van der Waals surface area contributed by atoms with E-state index in [2.05, 4.69) is 19.9 Å². The minimum absolute atomic E-state index is 0.0878. The summed E-state index contributed by atoms with van der Waals surface area (Å²) in [5, 5.41) is 0. The second-order valence-corrected chi connectivity index (χ2v) is 5.34. The molecule has 0 N–H and O–H groups in total. The van der Waals surface area contributed by atoms with Crippen LogP contribution in [0.3, 0.4) is 0 Å². The standard InChI is InChI=1S/C13H20O2/c1-4-12(14)15-8-9-5-6-10-7-11(9)13(10,2)3/h5,10-11H,4,6-8H2,1-3H3. The van der Waals surface area contributed by atoms with Crippen LogP contribution in [0.5, 0.6) is 0 Å². The van der Waals surface area contributed by atoms with Gasteiger partial charge in [-0.05, 0) is 35.7 Å². The molecule has 2 bridgehead atoms. The van der Waals surface area contributed by atoms with Gasteiger partial charge in [0.05, 0.1) is 0 Å². The Hall–Kier alpha value is -0.790. The molecule has 0 amide bonds. The molecule has 15 heavy (non-hydrogen) atoms. The van der Waals surface area contributed by atoms with E-state index >= 15 is 0 Å². The summed E-state index contributed by atoms with van der Waals surface area (Å²) in [4.78, 5) is 11.1. The first-order valence-corrected chi connectivity index (χ1v) is 5.90. The van der Waals surface area contributed by atoms with Crippen LogP contribution < -0.4 is 0 Å². The molecule has 3 aliphatic carbocycles. The predicted molar refractivity (Wildman–Crippen MR) is 59.3 cm³/mol. The van der Waals surface area contributed by atoms with E-state index < -0.39 is 0 Å². The highest BCUT2D eigenvalue weighted by molar-refractivity contribution is 5.69. The van der Waals surface area contributed by atoms with E-state index in [1.54, 1.807) is 0 Å². The number of ether oxygens (including phenoxy) is 1. The monoisotopic (exact) mass is 208 g/mol. The molecule has 2 nitrogen and oxygen atoms in total. The molecule has 0 spiro atoms. The molecule has 0 heterocycles. The van der Waals surface area contributed by atoms with Gasteiger partial charge in [0.25, 0.3) is 0 Å². The smallest absolute Gasteiger partial charge is 0.305 e. The maximum Gasteiger partial charge on any atom is 0.305 e. The van der Waals surface area contributed by atoms with Crippen molar-refractivity contribution in [2.24, 2.45) is 17.3 Å². The Morgan fingerprint density at radius 2 is 2.33 bits per heavy atom. The summed E-state index contributed by atoms with van der Waals surface area (Å²) in [5.74, 6) is 1.42. The van der Waals surface area contributed by atoms with Gasteiger partial charge in [-0.3, -0.25) is 4.79 Å². The van der Waals surface area contributed by atoms with Crippen molar-refractivity contribution in [1.82, 2.24) is 0 Å². The van der Waals surface area contributed by atoms with Crippen molar-refractivity contribution in [3.05, 3.63) is 11.6 Å². The molecular formula is C13H20O2. The molecule has 2 atom stereocenters. The number of carbonyl (C=O) groups is 1. The minimum Gasteiger partial charge on any atom is -0.461 e. The van der Waals surface area contributed by atoms with Gasteiger partial charge in [0.1, 0.15) is 6.61 Å². The SMILES string of the molecule is CCC(=O)OCC1=CCC2CC1C2(C)C. The van der Waals surface area contributed by atoms with Gasteiger partial charge in [-0.1, -0.05) is 26.8 Å². The zero-order chi connectivity index (χ0) is 11.1. The lowest BCUT2D eigenvalue weighted by atomic mass is 9.49. The normalized spacial score (nSPS) is 31.5. The van der Waals surface area contributed by atoms with Crippen LogP contribution in [0.15, 0.2) is 11.6 Å². The lowest BCUT2D eigenvalue weighted by molar-refractivity contribution is -0.143. The molecule has 1 fully saturated rings. The fourth-order valence-corrected chi connectivity index (χ4v) is 2.91. The van der Waals surface area contributed by atoms with Crippen molar-refractivity contribution in [1.29, 1.82) is 0 Å². The van der Waals surface area contributed by atoms with Gasteiger partial charge in [0, 0.05) is 6.42 Å². The average molecular weight is 208 g/mol. The van der Waals surface area contributed by atoms with Crippen molar-refractivity contribution >= 4 is 5.97 Å². The summed E-state index contributed by atoms with van der Waals surface area (Å²) >= 11 is 0. The number of carbonyl (C=O) groups excluding carboxylic acids is 1. The topological polar surface area (TPSA) is 26.3 Å². The third-order valence-electron chi connectivity index (χ3n) is 4.27. The first-order valence-electron chi connectivity index (χ1n) is 5.90. The second-order valence-electron chi connectivity index (χ2n) is 5.34. The summed E-state index contributed by atoms with van der Waals surface area (Å²) in [5.41, 5.74) is 1.78. The average Bonchev–Trinajstić information content (AvgIpc) is 2.25. The Morgan fingerprint density at radius 1 is 1.60 bits per heavy atom. The van der Waals surface area contributed by atoms with E-state index in [1.165, 1.54) is 18.4 Å². The van der Waals surface area contributed by atoms with Crippen LogP contribution in [0.1, 0.15) is 40.0 Å². The lowest BCUT2D eigenvalue weighted by Gasteiger charge is -2.56.